The molecule has 0 aliphatic heterocycles. The maximum Gasteiger partial charge on any atom is 0.279 e. The van der Waals surface area contributed by atoms with E-state index in [1.165, 1.54) is 9.87 Å². The molecule has 20 heavy (non-hydrogen) atoms. The Balaban J connectivity index is 2.57. The molecule has 0 bridgehead atoms. The first-order valence-electron chi connectivity index (χ1n) is 6.86. The van der Waals surface area contributed by atoms with Gasteiger partial charge in [-0.25, -0.2) is 0 Å². The average Bonchev–Trinajstić information content (AvgIpc) is 2.43. The number of nitrogens with one attached hydrogen (secondary N) is 1. The van der Waals surface area contributed by atoms with Gasteiger partial charge < -0.3 is 5.73 Å². The summed E-state index contributed by atoms with van der Waals surface area (Å²) in [5, 5.41) is 0. The average molecular weight is 299 g/mol. The molecule has 0 atom stereocenters. The first-order chi connectivity index (χ1) is 9.36. The molecule has 0 amide bonds. The van der Waals surface area contributed by atoms with Crippen LogP contribution < -0.4 is 10.5 Å². The van der Waals surface area contributed by atoms with Crippen LogP contribution in [-0.4, -0.2) is 32.9 Å². The van der Waals surface area contributed by atoms with E-state index < -0.39 is 10.2 Å². The molecule has 0 aromatic heterocycles. The van der Waals surface area contributed by atoms with Gasteiger partial charge in [0.2, 0.25) is 0 Å². The van der Waals surface area contributed by atoms with Crippen molar-refractivity contribution < 1.29 is 8.42 Å². The van der Waals surface area contributed by atoms with E-state index in [-0.39, 0.29) is 0 Å². The van der Waals surface area contributed by atoms with Gasteiger partial charge in [-0.2, -0.15) is 17.4 Å². The molecular formula is C14H25N3O2S. The zero-order chi connectivity index (χ0) is 15.2. The summed E-state index contributed by atoms with van der Waals surface area (Å²) in [6.45, 7) is 5.47. The van der Waals surface area contributed by atoms with Crippen LogP contribution in [0.4, 0.5) is 0 Å². The van der Waals surface area contributed by atoms with Crippen molar-refractivity contribution in [3.05, 3.63) is 35.4 Å². The van der Waals surface area contributed by atoms with Crippen LogP contribution in [-0.2, 0) is 16.8 Å². The number of nitrogens with two attached hydrogens (primary N) is 1. The monoisotopic (exact) mass is 299 g/mol. The smallest absolute Gasteiger partial charge is 0.279 e. The molecule has 0 heterocycles. The molecule has 1 aromatic carbocycles. The van der Waals surface area contributed by atoms with Gasteiger partial charge >= 0.3 is 0 Å². The van der Waals surface area contributed by atoms with Gasteiger partial charge in [0.05, 0.1) is 0 Å². The second kappa shape index (κ2) is 7.73. The Kier molecular flexibility index (Phi) is 6.61. The van der Waals surface area contributed by atoms with Crippen LogP contribution in [0.15, 0.2) is 24.3 Å². The number of hydrogen-bond acceptors (Lipinski definition) is 3. The van der Waals surface area contributed by atoms with E-state index in [4.69, 9.17) is 5.73 Å². The van der Waals surface area contributed by atoms with Gasteiger partial charge in [-0.1, -0.05) is 38.1 Å². The number of nitrogens with zero attached hydrogens (tertiary/aromatic N) is 1. The second-order valence-electron chi connectivity index (χ2n) is 5.19. The number of hydrogen-bond donors (Lipinski definition) is 2. The molecule has 1 rings (SSSR count). The minimum atomic E-state index is -3.43. The van der Waals surface area contributed by atoms with Crippen LogP contribution in [0, 0.1) is 0 Å². The zero-order valence-corrected chi connectivity index (χ0v) is 13.3. The van der Waals surface area contributed by atoms with Gasteiger partial charge in [0.15, 0.2) is 0 Å². The maximum atomic E-state index is 12.0. The van der Waals surface area contributed by atoms with Crippen molar-refractivity contribution in [2.24, 2.45) is 5.73 Å². The molecule has 0 aliphatic carbocycles. The van der Waals surface area contributed by atoms with Crippen LogP contribution in [0.1, 0.15) is 37.3 Å². The largest absolute Gasteiger partial charge is 0.330 e. The molecule has 1 aromatic rings. The predicted molar refractivity (Wildman–Crippen MR) is 82.6 cm³/mol. The van der Waals surface area contributed by atoms with Crippen molar-refractivity contribution in [3.63, 3.8) is 0 Å². The van der Waals surface area contributed by atoms with Gasteiger partial charge in [-0.3, -0.25) is 0 Å². The van der Waals surface area contributed by atoms with Gasteiger partial charge in [0.1, 0.15) is 0 Å². The molecule has 0 radical (unpaired) electrons. The summed E-state index contributed by atoms with van der Waals surface area (Å²) in [5.74, 6) is 0.475. The number of rotatable bonds is 8. The molecule has 0 aliphatic rings. The molecule has 0 fully saturated rings. The summed E-state index contributed by atoms with van der Waals surface area (Å²) in [4.78, 5) is 0. The fourth-order valence-corrected chi connectivity index (χ4v) is 2.68. The van der Waals surface area contributed by atoms with Crippen molar-refractivity contribution >= 4 is 10.2 Å². The van der Waals surface area contributed by atoms with Gasteiger partial charge in [0, 0.05) is 20.1 Å². The zero-order valence-electron chi connectivity index (χ0n) is 12.5. The van der Waals surface area contributed by atoms with Crippen molar-refractivity contribution in [1.29, 1.82) is 0 Å². The third-order valence-electron chi connectivity index (χ3n) is 3.19. The fraction of sp³-hybridized carbons (Fsp3) is 0.571. The Morgan fingerprint density at radius 2 is 1.85 bits per heavy atom. The maximum absolute atomic E-state index is 12.0. The highest BCUT2D eigenvalue weighted by Gasteiger charge is 2.16. The van der Waals surface area contributed by atoms with E-state index in [0.29, 0.717) is 32.0 Å². The molecule has 0 saturated heterocycles. The summed E-state index contributed by atoms with van der Waals surface area (Å²) in [6, 6.07) is 7.98. The molecule has 0 unspecified atom stereocenters. The predicted octanol–water partition coefficient (Wildman–Crippen LogP) is 1.43. The summed E-state index contributed by atoms with van der Waals surface area (Å²) >= 11 is 0. The Morgan fingerprint density at radius 1 is 1.25 bits per heavy atom. The van der Waals surface area contributed by atoms with Crippen LogP contribution in [0.3, 0.4) is 0 Å². The van der Waals surface area contributed by atoms with Gasteiger partial charge in [0.25, 0.3) is 10.2 Å². The van der Waals surface area contributed by atoms with Crippen LogP contribution in [0.2, 0.25) is 0 Å². The third kappa shape index (κ3) is 5.20. The molecule has 0 spiro atoms. The molecule has 114 valence electrons. The minimum absolute atomic E-state index is 0.299. The normalized spacial score (nSPS) is 12.3. The third-order valence-corrected chi connectivity index (χ3v) is 4.70. The van der Waals surface area contributed by atoms with Crippen molar-refractivity contribution in [2.75, 3.05) is 20.1 Å². The fourth-order valence-electron chi connectivity index (χ4n) is 1.74. The summed E-state index contributed by atoms with van der Waals surface area (Å²) in [7, 11) is -1.87. The van der Waals surface area contributed by atoms with E-state index in [2.05, 4.69) is 18.6 Å². The molecule has 6 heteroatoms. The van der Waals surface area contributed by atoms with E-state index >= 15 is 0 Å². The van der Waals surface area contributed by atoms with Gasteiger partial charge in [-0.05, 0) is 30.0 Å². The Hall–Kier alpha value is -0.950. The molecule has 5 nitrogen and oxygen atoms in total. The van der Waals surface area contributed by atoms with Crippen molar-refractivity contribution in [1.82, 2.24) is 9.03 Å². The first kappa shape index (κ1) is 17.1. The van der Waals surface area contributed by atoms with Crippen LogP contribution in [0.25, 0.3) is 0 Å². The first-order valence-corrected chi connectivity index (χ1v) is 8.30. The number of benzene rings is 1. The molecular weight excluding hydrogens is 274 g/mol. The highest BCUT2D eigenvalue weighted by Crippen LogP contribution is 2.14. The Bertz CT molecular complexity index is 498. The second-order valence-corrected chi connectivity index (χ2v) is 7.05. The lowest BCUT2D eigenvalue weighted by molar-refractivity contribution is 0.452. The van der Waals surface area contributed by atoms with Crippen LogP contribution in [0.5, 0.6) is 0 Å². The van der Waals surface area contributed by atoms with E-state index in [1.807, 2.05) is 24.3 Å². The summed E-state index contributed by atoms with van der Waals surface area (Å²) in [5.41, 5.74) is 7.58. The standard InChI is InChI=1S/C14H25N3O2S/c1-12(2)14-7-5-13(6-8-14)11-16-20(18,19)17(3)10-4-9-15/h5-8,12,16H,4,9-11,15H2,1-3H3. The quantitative estimate of drug-likeness (QED) is 0.762. The highest BCUT2D eigenvalue weighted by molar-refractivity contribution is 7.87. The van der Waals surface area contributed by atoms with E-state index in [1.54, 1.807) is 7.05 Å². The Morgan fingerprint density at radius 3 is 2.35 bits per heavy atom. The molecule has 3 N–H and O–H groups in total. The topological polar surface area (TPSA) is 75.4 Å². The van der Waals surface area contributed by atoms with E-state index in [9.17, 15) is 8.42 Å². The van der Waals surface area contributed by atoms with Crippen molar-refractivity contribution in [3.8, 4) is 0 Å². The molecule has 0 saturated carbocycles. The van der Waals surface area contributed by atoms with Gasteiger partial charge in [-0.15, -0.1) is 0 Å². The lowest BCUT2D eigenvalue weighted by Crippen LogP contribution is -2.38. The lowest BCUT2D eigenvalue weighted by Gasteiger charge is -2.17. The highest BCUT2D eigenvalue weighted by atomic mass is 32.2. The van der Waals surface area contributed by atoms with E-state index in [0.717, 1.165) is 5.56 Å². The Labute approximate surface area is 122 Å². The van der Waals surface area contributed by atoms with Crippen molar-refractivity contribution in [2.45, 2.75) is 32.7 Å². The summed E-state index contributed by atoms with van der Waals surface area (Å²) in [6.07, 6.45) is 0.653. The van der Waals surface area contributed by atoms with Crippen LogP contribution >= 0.6 is 0 Å². The summed E-state index contributed by atoms with van der Waals surface area (Å²) < 4.78 is 27.8. The SMILES string of the molecule is CC(C)c1ccc(CNS(=O)(=O)N(C)CCCN)cc1. The lowest BCUT2D eigenvalue weighted by atomic mass is 10.0. The minimum Gasteiger partial charge on any atom is -0.330 e.